The van der Waals surface area contributed by atoms with Gasteiger partial charge in [0, 0.05) is 6.54 Å². The second-order valence-electron chi connectivity index (χ2n) is 2.61. The van der Waals surface area contributed by atoms with Crippen molar-refractivity contribution in [1.82, 2.24) is 0 Å². The van der Waals surface area contributed by atoms with Gasteiger partial charge in [-0.2, -0.15) is 0 Å². The Morgan fingerprint density at radius 3 is 2.85 bits per heavy atom. The van der Waals surface area contributed by atoms with Crippen LogP contribution in [-0.4, -0.2) is 18.8 Å². The normalized spacial score (nSPS) is 12.6. The van der Waals surface area contributed by atoms with Crippen LogP contribution in [0.25, 0.3) is 0 Å². The fraction of sp³-hybridized carbons (Fsp3) is 0.333. The van der Waals surface area contributed by atoms with Gasteiger partial charge >= 0.3 is 0 Å². The molecule has 0 unspecified atom stereocenters. The lowest BCUT2D eigenvalue weighted by molar-refractivity contribution is 0.185. The Bertz CT molecular complexity index is 291. The molecule has 4 heteroatoms. The van der Waals surface area contributed by atoms with E-state index in [1.807, 2.05) is 18.2 Å². The van der Waals surface area contributed by atoms with E-state index in [1.54, 1.807) is 7.11 Å². The third kappa shape index (κ3) is 2.21. The van der Waals surface area contributed by atoms with Crippen LogP contribution in [0.5, 0.6) is 5.75 Å². The molecule has 1 rings (SSSR count). The summed E-state index contributed by atoms with van der Waals surface area (Å²) in [4.78, 5) is 0. The molecule has 0 amide bonds. The maximum absolute atomic E-state index is 9.52. The standard InChI is InChI=1S/C9H12BrNO2/c1-13-8-4-2-3-6(9(8)10)7(12)5-11/h2-4,7,12H,5,11H2,1H3/t7-/m0/s1. The van der Waals surface area contributed by atoms with Crippen molar-refractivity contribution in [1.29, 1.82) is 0 Å². The van der Waals surface area contributed by atoms with Gasteiger partial charge in [0.2, 0.25) is 0 Å². The average Bonchev–Trinajstić information content (AvgIpc) is 2.17. The van der Waals surface area contributed by atoms with Crippen molar-refractivity contribution in [3.63, 3.8) is 0 Å². The number of nitrogens with two attached hydrogens (primary N) is 1. The number of benzene rings is 1. The molecule has 1 aromatic rings. The largest absolute Gasteiger partial charge is 0.496 e. The topological polar surface area (TPSA) is 55.5 Å². The fourth-order valence-electron chi connectivity index (χ4n) is 1.07. The summed E-state index contributed by atoms with van der Waals surface area (Å²) in [5.74, 6) is 0.699. The maximum Gasteiger partial charge on any atom is 0.133 e. The first kappa shape index (κ1) is 10.5. The summed E-state index contributed by atoms with van der Waals surface area (Å²) in [6, 6.07) is 5.44. The highest BCUT2D eigenvalue weighted by Crippen LogP contribution is 2.31. The minimum atomic E-state index is -0.649. The molecule has 0 aliphatic carbocycles. The van der Waals surface area contributed by atoms with Crippen molar-refractivity contribution in [2.24, 2.45) is 5.73 Å². The fourth-order valence-corrected chi connectivity index (χ4v) is 1.76. The lowest BCUT2D eigenvalue weighted by Gasteiger charge is -2.12. The summed E-state index contributed by atoms with van der Waals surface area (Å²) in [6.07, 6.45) is -0.649. The minimum Gasteiger partial charge on any atom is -0.496 e. The second kappa shape index (κ2) is 4.60. The van der Waals surface area contributed by atoms with E-state index < -0.39 is 6.10 Å². The molecule has 0 saturated carbocycles. The Hall–Kier alpha value is -0.580. The highest BCUT2D eigenvalue weighted by atomic mass is 79.9. The van der Waals surface area contributed by atoms with E-state index in [-0.39, 0.29) is 6.54 Å². The predicted molar refractivity (Wildman–Crippen MR) is 54.7 cm³/mol. The first-order valence-electron chi connectivity index (χ1n) is 3.91. The SMILES string of the molecule is COc1cccc([C@@H](O)CN)c1Br. The van der Waals surface area contributed by atoms with E-state index >= 15 is 0 Å². The van der Waals surface area contributed by atoms with Crippen LogP contribution in [-0.2, 0) is 0 Å². The third-order valence-corrected chi connectivity index (χ3v) is 2.64. The van der Waals surface area contributed by atoms with Crippen LogP contribution in [0.4, 0.5) is 0 Å². The number of rotatable bonds is 3. The van der Waals surface area contributed by atoms with Crippen LogP contribution in [0.1, 0.15) is 11.7 Å². The Morgan fingerprint density at radius 2 is 2.31 bits per heavy atom. The van der Waals surface area contributed by atoms with Crippen molar-refractivity contribution in [3.8, 4) is 5.75 Å². The monoisotopic (exact) mass is 245 g/mol. The number of hydrogen-bond acceptors (Lipinski definition) is 3. The number of hydrogen-bond donors (Lipinski definition) is 2. The molecular formula is C9H12BrNO2. The molecule has 0 spiro atoms. The van der Waals surface area contributed by atoms with Crippen LogP contribution in [0.15, 0.2) is 22.7 Å². The van der Waals surface area contributed by atoms with Crippen molar-refractivity contribution in [3.05, 3.63) is 28.2 Å². The lowest BCUT2D eigenvalue weighted by atomic mass is 10.1. The van der Waals surface area contributed by atoms with E-state index in [1.165, 1.54) is 0 Å². The van der Waals surface area contributed by atoms with Crippen molar-refractivity contribution < 1.29 is 9.84 Å². The Labute approximate surface area is 85.6 Å². The molecule has 0 aliphatic heterocycles. The zero-order valence-corrected chi connectivity index (χ0v) is 8.91. The van der Waals surface area contributed by atoms with Gasteiger partial charge in [0.1, 0.15) is 5.75 Å². The van der Waals surface area contributed by atoms with E-state index in [9.17, 15) is 5.11 Å². The van der Waals surface area contributed by atoms with Gasteiger partial charge in [-0.05, 0) is 27.6 Å². The van der Waals surface area contributed by atoms with E-state index in [2.05, 4.69) is 15.9 Å². The highest BCUT2D eigenvalue weighted by Gasteiger charge is 2.12. The summed E-state index contributed by atoms with van der Waals surface area (Å²) >= 11 is 3.34. The molecule has 1 atom stereocenters. The van der Waals surface area contributed by atoms with Crippen molar-refractivity contribution >= 4 is 15.9 Å². The zero-order chi connectivity index (χ0) is 9.84. The van der Waals surface area contributed by atoms with Crippen LogP contribution < -0.4 is 10.5 Å². The first-order valence-corrected chi connectivity index (χ1v) is 4.70. The van der Waals surface area contributed by atoms with Crippen LogP contribution in [0.3, 0.4) is 0 Å². The number of halogens is 1. The summed E-state index contributed by atoms with van der Waals surface area (Å²) in [6.45, 7) is 0.200. The van der Waals surface area contributed by atoms with Gasteiger partial charge in [-0.15, -0.1) is 0 Å². The highest BCUT2D eigenvalue weighted by molar-refractivity contribution is 9.10. The quantitative estimate of drug-likeness (QED) is 0.848. The molecule has 3 N–H and O–H groups in total. The van der Waals surface area contributed by atoms with Gasteiger partial charge in [-0.3, -0.25) is 0 Å². The van der Waals surface area contributed by atoms with E-state index in [0.29, 0.717) is 5.75 Å². The number of ether oxygens (including phenoxy) is 1. The average molecular weight is 246 g/mol. The Morgan fingerprint density at radius 1 is 1.62 bits per heavy atom. The summed E-state index contributed by atoms with van der Waals surface area (Å²) in [5.41, 5.74) is 6.10. The van der Waals surface area contributed by atoms with Crippen LogP contribution in [0, 0.1) is 0 Å². The molecule has 0 saturated heterocycles. The molecule has 0 fully saturated rings. The van der Waals surface area contributed by atoms with Gasteiger partial charge in [0.25, 0.3) is 0 Å². The van der Waals surface area contributed by atoms with Gasteiger partial charge in [-0.1, -0.05) is 12.1 Å². The van der Waals surface area contributed by atoms with Gasteiger partial charge in [0.15, 0.2) is 0 Å². The molecule has 0 aromatic heterocycles. The second-order valence-corrected chi connectivity index (χ2v) is 3.41. The molecule has 0 aliphatic rings. The van der Waals surface area contributed by atoms with Crippen molar-refractivity contribution in [2.45, 2.75) is 6.10 Å². The molecule has 72 valence electrons. The first-order chi connectivity index (χ1) is 6.20. The van der Waals surface area contributed by atoms with E-state index in [4.69, 9.17) is 10.5 Å². The number of aliphatic hydroxyl groups is 1. The van der Waals surface area contributed by atoms with Crippen molar-refractivity contribution in [2.75, 3.05) is 13.7 Å². The molecule has 0 radical (unpaired) electrons. The summed E-state index contributed by atoms with van der Waals surface area (Å²) in [7, 11) is 1.58. The van der Waals surface area contributed by atoms with Gasteiger partial charge in [0.05, 0.1) is 17.7 Å². The lowest BCUT2D eigenvalue weighted by Crippen LogP contribution is -2.12. The smallest absolute Gasteiger partial charge is 0.133 e. The molecular weight excluding hydrogens is 234 g/mol. The predicted octanol–water partition coefficient (Wildman–Crippen LogP) is 1.45. The minimum absolute atomic E-state index is 0.200. The maximum atomic E-state index is 9.52. The zero-order valence-electron chi connectivity index (χ0n) is 7.33. The van der Waals surface area contributed by atoms with Gasteiger partial charge in [-0.25, -0.2) is 0 Å². The molecule has 13 heavy (non-hydrogen) atoms. The van der Waals surface area contributed by atoms with E-state index in [0.717, 1.165) is 10.0 Å². The van der Waals surface area contributed by atoms with Gasteiger partial charge < -0.3 is 15.6 Å². The number of methoxy groups -OCH3 is 1. The van der Waals surface area contributed by atoms with Crippen LogP contribution in [0.2, 0.25) is 0 Å². The third-order valence-electron chi connectivity index (χ3n) is 1.80. The Balaban J connectivity index is 3.08. The number of aliphatic hydroxyl groups excluding tert-OH is 1. The Kier molecular flexibility index (Phi) is 3.71. The molecule has 0 bridgehead atoms. The molecule has 3 nitrogen and oxygen atoms in total. The molecule has 1 aromatic carbocycles. The summed E-state index contributed by atoms with van der Waals surface area (Å²) < 4.78 is 5.84. The summed E-state index contributed by atoms with van der Waals surface area (Å²) in [5, 5.41) is 9.52. The van der Waals surface area contributed by atoms with Crippen LogP contribution >= 0.6 is 15.9 Å². The molecule has 0 heterocycles.